The van der Waals surface area contributed by atoms with Gasteiger partial charge in [-0.3, -0.25) is 24.6 Å². The maximum absolute atomic E-state index is 15.3. The summed E-state index contributed by atoms with van der Waals surface area (Å²) < 4.78 is 27.3. The first-order valence-corrected chi connectivity index (χ1v) is 24.4. The van der Waals surface area contributed by atoms with Gasteiger partial charge in [-0.25, -0.2) is 19.2 Å². The summed E-state index contributed by atoms with van der Waals surface area (Å²) in [6.07, 6.45) is 6.66. The molecule has 4 aliphatic rings. The lowest BCUT2D eigenvalue weighted by Crippen LogP contribution is -2.49. The van der Waals surface area contributed by atoms with E-state index < -0.39 is 18.0 Å². The number of hydrogen-bond acceptors (Lipinski definition) is 10. The van der Waals surface area contributed by atoms with Crippen molar-refractivity contribution < 1.29 is 38.1 Å². The van der Waals surface area contributed by atoms with Crippen LogP contribution in [0.25, 0.3) is 33.5 Å². The van der Waals surface area contributed by atoms with Crippen LogP contribution in [0.1, 0.15) is 79.4 Å². The van der Waals surface area contributed by atoms with Crippen LogP contribution < -0.4 is 15.0 Å². The highest BCUT2D eigenvalue weighted by Crippen LogP contribution is 2.35. The van der Waals surface area contributed by atoms with Crippen LogP contribution in [0.2, 0.25) is 0 Å². The van der Waals surface area contributed by atoms with Gasteiger partial charge in [-0.2, -0.15) is 0 Å². The second kappa shape index (κ2) is 20.8. The van der Waals surface area contributed by atoms with Gasteiger partial charge in [0.05, 0.1) is 43.2 Å². The van der Waals surface area contributed by atoms with Crippen LogP contribution in [0, 0.1) is 24.6 Å². The molecule has 4 aliphatic heterocycles. The number of rotatable bonds is 14. The zero-order valence-electron chi connectivity index (χ0n) is 40.0. The van der Waals surface area contributed by atoms with Gasteiger partial charge in [-0.1, -0.05) is 38.1 Å². The van der Waals surface area contributed by atoms with E-state index in [0.29, 0.717) is 71.6 Å². The zero-order chi connectivity index (χ0) is 48.3. The van der Waals surface area contributed by atoms with Crippen molar-refractivity contribution in [2.24, 2.45) is 11.8 Å². The van der Waals surface area contributed by atoms with Gasteiger partial charge >= 0.3 is 6.03 Å². The monoisotopic (exact) mass is 942 g/mol. The van der Waals surface area contributed by atoms with Crippen LogP contribution in [-0.2, 0) is 27.2 Å². The fourth-order valence-electron chi connectivity index (χ4n) is 10.5. The minimum Gasteiger partial charge on any atom is -0.495 e. The standard InChI is InChI=1S/C53H63FN8O7/c1-32(2)23-38-29-61(30-46(38)63)49(65)26-37-24-39(54)27-42(33(37)3)50-43-28-44(57-51(43)56-31-55-50)35-7-5-34(6-8-35)11-17-59-18-12-40(13-19-59)69-41-14-20-60(21-15-41)52(66)36-9-10-47(68-4)45(25-36)62-22-16-48(64)58-53(62)67/h5-10,24-25,27-28,31-32,38,40-41,46,63H,11-23,26,29-30H2,1-4H3,(H,55,56,57)(H,58,64,67)/t38-,46-/m0/s1. The Labute approximate surface area is 402 Å². The number of aliphatic hydroxyl groups excluding tert-OH is 1. The molecule has 9 rings (SSSR count). The van der Waals surface area contributed by atoms with E-state index in [4.69, 9.17) is 9.47 Å². The Hall–Kier alpha value is -6.23. The Morgan fingerprint density at radius 1 is 0.899 bits per heavy atom. The number of piperidine rings is 2. The number of amides is 5. The van der Waals surface area contributed by atoms with Gasteiger partial charge in [0.2, 0.25) is 11.8 Å². The largest absolute Gasteiger partial charge is 0.495 e. The number of nitrogens with zero attached hydrogens (tertiary/aromatic N) is 6. The molecule has 364 valence electrons. The van der Waals surface area contributed by atoms with Crippen LogP contribution in [0.15, 0.2) is 67.0 Å². The third kappa shape index (κ3) is 10.8. The van der Waals surface area contributed by atoms with Crippen molar-refractivity contribution in [1.82, 2.24) is 35.0 Å². The first-order valence-electron chi connectivity index (χ1n) is 24.4. The Bertz CT molecular complexity index is 2690. The minimum absolute atomic E-state index is 0.0438. The second-order valence-electron chi connectivity index (χ2n) is 19.6. The maximum atomic E-state index is 15.3. The second-order valence-corrected chi connectivity index (χ2v) is 19.6. The Morgan fingerprint density at radius 3 is 2.35 bits per heavy atom. The fraction of sp³-hybridized carbons (Fsp3) is 0.472. The van der Waals surface area contributed by atoms with E-state index in [9.17, 15) is 24.3 Å². The summed E-state index contributed by atoms with van der Waals surface area (Å²) in [7, 11) is 1.51. The summed E-state index contributed by atoms with van der Waals surface area (Å²) in [6.45, 7) is 11.2. The lowest BCUT2D eigenvalue weighted by Gasteiger charge is -2.37. The molecule has 0 aliphatic carbocycles. The number of benzene rings is 3. The number of fused-ring (bicyclic) bond motifs is 1. The first kappa shape index (κ1) is 47.8. The number of anilines is 1. The van der Waals surface area contributed by atoms with Gasteiger partial charge in [0, 0.05) is 86.9 Å². The maximum Gasteiger partial charge on any atom is 0.328 e. The van der Waals surface area contributed by atoms with Crippen LogP contribution in [-0.4, -0.2) is 136 Å². The summed E-state index contributed by atoms with van der Waals surface area (Å²) in [5.41, 5.74) is 7.29. The number of urea groups is 1. The van der Waals surface area contributed by atoms with E-state index in [-0.39, 0.29) is 55.2 Å². The molecule has 5 amide bonds. The molecule has 6 heterocycles. The summed E-state index contributed by atoms with van der Waals surface area (Å²) >= 11 is 0. The third-order valence-corrected chi connectivity index (χ3v) is 14.4. The van der Waals surface area contributed by atoms with Crippen LogP contribution in [0.3, 0.4) is 0 Å². The Morgan fingerprint density at radius 2 is 1.64 bits per heavy atom. The molecule has 2 aromatic heterocycles. The fourth-order valence-corrected chi connectivity index (χ4v) is 10.5. The predicted octanol–water partition coefficient (Wildman–Crippen LogP) is 6.93. The number of aromatic amines is 1. The molecule has 5 aromatic rings. The number of ether oxygens (including phenoxy) is 2. The number of nitrogens with one attached hydrogen (secondary N) is 2. The zero-order valence-corrected chi connectivity index (χ0v) is 40.0. The molecule has 0 bridgehead atoms. The highest BCUT2D eigenvalue weighted by atomic mass is 19.1. The number of halogens is 1. The molecule has 0 unspecified atom stereocenters. The number of β-amino-alcohol motifs (C(OH)–C–C–N with tert-alkyl or cyclic N) is 1. The lowest BCUT2D eigenvalue weighted by molar-refractivity contribution is -0.129. The SMILES string of the molecule is COc1ccc(C(=O)N2CCC(OC3CCN(CCc4ccc(-c5cc6c(-c7cc(F)cc(CC(=O)N8C[C@H](CC(C)C)[C@@H](O)C8)c7C)ncnc6[nH]5)cc4)CC3)CC2)cc1N1CCC(=O)NC1=O. The predicted molar refractivity (Wildman–Crippen MR) is 260 cm³/mol. The van der Waals surface area contributed by atoms with Gasteiger partial charge in [-0.05, 0) is 110 Å². The van der Waals surface area contributed by atoms with E-state index in [0.717, 1.165) is 80.4 Å². The molecular weight excluding hydrogens is 880 g/mol. The van der Waals surface area contributed by atoms with Crippen LogP contribution >= 0.6 is 0 Å². The van der Waals surface area contributed by atoms with E-state index in [1.165, 1.54) is 36.0 Å². The van der Waals surface area contributed by atoms with E-state index in [1.807, 2.05) is 17.9 Å². The normalized spacial score (nSPS) is 19.8. The molecule has 2 atom stereocenters. The number of aromatic nitrogens is 3. The number of likely N-dealkylation sites (tertiary alicyclic amines) is 3. The molecule has 3 N–H and O–H groups in total. The molecule has 0 spiro atoms. The molecule has 0 radical (unpaired) electrons. The van der Waals surface area contributed by atoms with Gasteiger partial charge in [0.1, 0.15) is 23.5 Å². The number of H-pyrrole nitrogens is 1. The van der Waals surface area contributed by atoms with Crippen molar-refractivity contribution in [3.8, 4) is 28.3 Å². The molecule has 4 fully saturated rings. The Balaban J connectivity index is 0.745. The molecule has 69 heavy (non-hydrogen) atoms. The highest BCUT2D eigenvalue weighted by molar-refractivity contribution is 6.07. The number of carbonyl (C=O) groups is 4. The van der Waals surface area contributed by atoms with Gasteiger partial charge in [0.25, 0.3) is 5.91 Å². The Kier molecular flexibility index (Phi) is 14.4. The van der Waals surface area contributed by atoms with Gasteiger partial charge < -0.3 is 34.3 Å². The molecule has 0 saturated carbocycles. The van der Waals surface area contributed by atoms with Crippen LogP contribution in [0.5, 0.6) is 5.75 Å². The van der Waals surface area contributed by atoms with E-state index in [2.05, 4.69) is 63.3 Å². The smallest absolute Gasteiger partial charge is 0.328 e. The van der Waals surface area contributed by atoms with Crippen molar-refractivity contribution in [3.63, 3.8) is 0 Å². The van der Waals surface area contributed by atoms with Crippen molar-refractivity contribution >= 4 is 40.5 Å². The third-order valence-electron chi connectivity index (χ3n) is 14.4. The molecule has 3 aromatic carbocycles. The minimum atomic E-state index is -0.546. The van der Waals surface area contributed by atoms with Crippen molar-refractivity contribution in [2.75, 3.05) is 64.4 Å². The van der Waals surface area contributed by atoms with Crippen molar-refractivity contribution in [3.05, 3.63) is 95.1 Å². The topological polar surface area (TPSA) is 174 Å². The summed E-state index contributed by atoms with van der Waals surface area (Å²) in [4.78, 5) is 71.3. The number of methoxy groups -OCH3 is 1. The quantitative estimate of drug-likeness (QED) is 0.106. The summed E-state index contributed by atoms with van der Waals surface area (Å²) in [6, 6.07) is 18.0. The van der Waals surface area contributed by atoms with E-state index >= 15 is 4.39 Å². The highest BCUT2D eigenvalue weighted by Gasteiger charge is 2.35. The van der Waals surface area contributed by atoms with Gasteiger partial charge in [-0.15, -0.1) is 0 Å². The average molecular weight is 943 g/mol. The first-order chi connectivity index (χ1) is 33.3. The molecule has 15 nitrogen and oxygen atoms in total. The number of aliphatic hydroxyl groups is 1. The van der Waals surface area contributed by atoms with E-state index in [1.54, 1.807) is 23.1 Å². The molecule has 4 saturated heterocycles. The number of imide groups is 1. The van der Waals surface area contributed by atoms with Crippen molar-refractivity contribution in [2.45, 2.75) is 90.4 Å². The van der Waals surface area contributed by atoms with Crippen LogP contribution in [0.4, 0.5) is 14.9 Å². The van der Waals surface area contributed by atoms with Crippen molar-refractivity contribution in [1.29, 1.82) is 0 Å². The van der Waals surface area contributed by atoms with Gasteiger partial charge in [0.15, 0.2) is 0 Å². The number of carbonyl (C=O) groups excluding carboxylic acids is 4. The number of hydrogen-bond donors (Lipinski definition) is 3. The lowest BCUT2D eigenvalue weighted by atomic mass is 9.94. The average Bonchev–Trinajstić information content (AvgIpc) is 3.95. The summed E-state index contributed by atoms with van der Waals surface area (Å²) in [5, 5.41) is 13.7. The summed E-state index contributed by atoms with van der Waals surface area (Å²) in [5.74, 6) is -0.0581. The molecular formula is C53H63FN8O7. The molecule has 16 heteroatoms.